The van der Waals surface area contributed by atoms with Crippen LogP contribution in [0.1, 0.15) is 32.1 Å². The van der Waals surface area contributed by atoms with Crippen molar-refractivity contribution in [3.63, 3.8) is 0 Å². The summed E-state index contributed by atoms with van der Waals surface area (Å²) in [7, 11) is 2.09. The van der Waals surface area contributed by atoms with Gasteiger partial charge in [-0.2, -0.15) is 11.8 Å². The summed E-state index contributed by atoms with van der Waals surface area (Å²) >= 11 is 1.97. The highest BCUT2D eigenvalue weighted by Gasteiger charge is 2.16. The molecule has 1 saturated heterocycles. The molecule has 1 fully saturated rings. The number of nitrogens with one attached hydrogen (secondary N) is 1. The molecule has 0 unspecified atom stereocenters. The first-order chi connectivity index (χ1) is 7.36. The quantitative estimate of drug-likeness (QED) is 0.675. The topological polar surface area (TPSA) is 15.3 Å². The molecule has 1 aliphatic heterocycles. The lowest BCUT2D eigenvalue weighted by Gasteiger charge is -2.31. The van der Waals surface area contributed by atoms with Gasteiger partial charge in [-0.3, -0.25) is 0 Å². The summed E-state index contributed by atoms with van der Waals surface area (Å²) in [5.74, 6) is 1.34. The van der Waals surface area contributed by atoms with Crippen molar-refractivity contribution in [1.82, 2.24) is 10.2 Å². The van der Waals surface area contributed by atoms with E-state index in [9.17, 15) is 0 Å². The molecule has 0 aromatic heterocycles. The Morgan fingerprint density at radius 1 is 1.20 bits per heavy atom. The highest BCUT2D eigenvalue weighted by atomic mass is 32.2. The maximum absolute atomic E-state index is 3.38. The van der Waals surface area contributed by atoms with Crippen molar-refractivity contribution in [2.45, 2.75) is 38.1 Å². The number of unbranched alkanes of at least 4 members (excludes halogenated alkanes) is 2. The average Bonchev–Trinajstić information content (AvgIpc) is 2.30. The number of piperidine rings is 1. The number of hydrogen-bond acceptors (Lipinski definition) is 3. The lowest BCUT2D eigenvalue weighted by atomic mass is 10.1. The predicted molar refractivity (Wildman–Crippen MR) is 70.8 cm³/mol. The molecule has 2 nitrogen and oxygen atoms in total. The van der Waals surface area contributed by atoms with E-state index in [0.29, 0.717) is 0 Å². The van der Waals surface area contributed by atoms with Crippen molar-refractivity contribution in [2.75, 3.05) is 38.7 Å². The van der Waals surface area contributed by atoms with Gasteiger partial charge in [0.25, 0.3) is 0 Å². The Balaban J connectivity index is 1.94. The standard InChI is InChI=1S/C12H26N2S/c1-13-12-6-9-14(10-7-12)8-4-3-5-11-15-2/h12-13H,3-11H2,1-2H3. The second kappa shape index (κ2) is 8.43. The van der Waals surface area contributed by atoms with Gasteiger partial charge in [0.1, 0.15) is 0 Å². The lowest BCUT2D eigenvalue weighted by Crippen LogP contribution is -2.41. The van der Waals surface area contributed by atoms with Gasteiger partial charge in [0.2, 0.25) is 0 Å². The Morgan fingerprint density at radius 3 is 2.53 bits per heavy atom. The Labute approximate surface area is 99.2 Å². The van der Waals surface area contributed by atoms with Crippen LogP contribution in [0.3, 0.4) is 0 Å². The van der Waals surface area contributed by atoms with Crippen LogP contribution in [0.2, 0.25) is 0 Å². The maximum atomic E-state index is 3.38. The molecule has 1 N–H and O–H groups in total. The van der Waals surface area contributed by atoms with E-state index in [0.717, 1.165) is 6.04 Å². The first-order valence-electron chi connectivity index (χ1n) is 6.25. The minimum atomic E-state index is 0.776. The van der Waals surface area contributed by atoms with Crippen LogP contribution in [0.15, 0.2) is 0 Å². The van der Waals surface area contributed by atoms with Crippen LogP contribution < -0.4 is 5.32 Å². The van der Waals surface area contributed by atoms with E-state index >= 15 is 0 Å². The molecule has 0 aliphatic carbocycles. The minimum absolute atomic E-state index is 0.776. The van der Waals surface area contributed by atoms with Crippen LogP contribution in [-0.2, 0) is 0 Å². The lowest BCUT2D eigenvalue weighted by molar-refractivity contribution is 0.198. The molecule has 0 amide bonds. The van der Waals surface area contributed by atoms with E-state index in [2.05, 4.69) is 23.5 Å². The van der Waals surface area contributed by atoms with Crippen LogP contribution >= 0.6 is 11.8 Å². The highest BCUT2D eigenvalue weighted by molar-refractivity contribution is 7.98. The normalized spacial score (nSPS) is 19.6. The van der Waals surface area contributed by atoms with Gasteiger partial charge in [-0.05, 0) is 64.4 Å². The fourth-order valence-corrected chi connectivity index (χ4v) is 2.70. The van der Waals surface area contributed by atoms with Crippen LogP contribution in [0.5, 0.6) is 0 Å². The van der Waals surface area contributed by atoms with Crippen LogP contribution in [-0.4, -0.2) is 49.6 Å². The summed E-state index contributed by atoms with van der Waals surface area (Å²) in [6.07, 6.45) is 9.07. The molecular formula is C12H26N2S. The summed E-state index contributed by atoms with van der Waals surface area (Å²) in [4.78, 5) is 2.63. The first kappa shape index (κ1) is 13.3. The third-order valence-electron chi connectivity index (χ3n) is 3.32. The molecule has 15 heavy (non-hydrogen) atoms. The smallest absolute Gasteiger partial charge is 0.00884 e. The van der Waals surface area contributed by atoms with Crippen LogP contribution in [0, 0.1) is 0 Å². The predicted octanol–water partition coefficient (Wildman–Crippen LogP) is 2.20. The van der Waals surface area contributed by atoms with Gasteiger partial charge in [-0.25, -0.2) is 0 Å². The van der Waals surface area contributed by atoms with E-state index in [-0.39, 0.29) is 0 Å². The van der Waals surface area contributed by atoms with Crippen molar-refractivity contribution < 1.29 is 0 Å². The number of likely N-dealkylation sites (tertiary alicyclic amines) is 1. The molecule has 0 aromatic rings. The van der Waals surface area contributed by atoms with Gasteiger partial charge in [-0.15, -0.1) is 0 Å². The first-order valence-corrected chi connectivity index (χ1v) is 7.64. The number of hydrogen-bond donors (Lipinski definition) is 1. The summed E-state index contributed by atoms with van der Waals surface area (Å²) in [5, 5.41) is 3.38. The Hall–Kier alpha value is 0.270. The summed E-state index contributed by atoms with van der Waals surface area (Å²) in [6, 6.07) is 0.776. The van der Waals surface area contributed by atoms with Crippen LogP contribution in [0.4, 0.5) is 0 Å². The summed E-state index contributed by atoms with van der Waals surface area (Å²) < 4.78 is 0. The van der Waals surface area contributed by atoms with E-state index < -0.39 is 0 Å². The fraction of sp³-hybridized carbons (Fsp3) is 1.00. The molecule has 3 heteroatoms. The highest BCUT2D eigenvalue weighted by Crippen LogP contribution is 2.11. The zero-order valence-corrected chi connectivity index (χ0v) is 11.1. The molecule has 0 saturated carbocycles. The minimum Gasteiger partial charge on any atom is -0.317 e. The zero-order chi connectivity index (χ0) is 10.9. The van der Waals surface area contributed by atoms with E-state index in [1.165, 1.54) is 57.5 Å². The molecule has 0 bridgehead atoms. The van der Waals surface area contributed by atoms with Gasteiger partial charge in [0.15, 0.2) is 0 Å². The molecule has 90 valence electrons. The van der Waals surface area contributed by atoms with E-state index in [1.807, 2.05) is 11.8 Å². The molecule has 0 spiro atoms. The van der Waals surface area contributed by atoms with Crippen molar-refractivity contribution in [2.24, 2.45) is 0 Å². The maximum Gasteiger partial charge on any atom is 0.00884 e. The Morgan fingerprint density at radius 2 is 1.93 bits per heavy atom. The van der Waals surface area contributed by atoms with Crippen molar-refractivity contribution >= 4 is 11.8 Å². The number of rotatable bonds is 7. The Bertz CT molecular complexity index is 145. The molecule has 0 atom stereocenters. The average molecular weight is 230 g/mol. The molecule has 1 heterocycles. The zero-order valence-electron chi connectivity index (χ0n) is 10.3. The molecular weight excluding hydrogens is 204 g/mol. The van der Waals surface area contributed by atoms with Crippen molar-refractivity contribution in [3.05, 3.63) is 0 Å². The van der Waals surface area contributed by atoms with Gasteiger partial charge >= 0.3 is 0 Å². The summed E-state index contributed by atoms with van der Waals surface area (Å²) in [6.45, 7) is 3.92. The molecule has 0 radical (unpaired) electrons. The summed E-state index contributed by atoms with van der Waals surface area (Å²) in [5.41, 5.74) is 0. The number of thioether (sulfide) groups is 1. The van der Waals surface area contributed by atoms with Gasteiger partial charge < -0.3 is 10.2 Å². The van der Waals surface area contributed by atoms with Gasteiger partial charge in [-0.1, -0.05) is 6.42 Å². The monoisotopic (exact) mass is 230 g/mol. The second-order valence-electron chi connectivity index (χ2n) is 4.46. The second-order valence-corrected chi connectivity index (χ2v) is 5.44. The van der Waals surface area contributed by atoms with E-state index in [4.69, 9.17) is 0 Å². The third kappa shape index (κ3) is 5.79. The molecule has 1 aliphatic rings. The van der Waals surface area contributed by atoms with Gasteiger partial charge in [0.05, 0.1) is 0 Å². The molecule has 1 rings (SSSR count). The largest absolute Gasteiger partial charge is 0.317 e. The van der Waals surface area contributed by atoms with Crippen molar-refractivity contribution in [1.29, 1.82) is 0 Å². The van der Waals surface area contributed by atoms with E-state index in [1.54, 1.807) is 0 Å². The van der Waals surface area contributed by atoms with Crippen molar-refractivity contribution in [3.8, 4) is 0 Å². The number of nitrogens with zero attached hydrogens (tertiary/aromatic N) is 1. The van der Waals surface area contributed by atoms with Gasteiger partial charge in [0, 0.05) is 6.04 Å². The molecule has 0 aromatic carbocycles. The third-order valence-corrected chi connectivity index (χ3v) is 4.02. The fourth-order valence-electron chi connectivity index (χ4n) is 2.20. The van der Waals surface area contributed by atoms with Crippen LogP contribution in [0.25, 0.3) is 0 Å². The SMILES string of the molecule is CNC1CCN(CCCCCSC)CC1. The Kier molecular flexibility index (Phi) is 7.49.